The highest BCUT2D eigenvalue weighted by Crippen LogP contribution is 2.30. The van der Waals surface area contributed by atoms with Gasteiger partial charge >= 0.3 is 6.18 Å². The first kappa shape index (κ1) is 13.1. The summed E-state index contributed by atoms with van der Waals surface area (Å²) in [6.45, 7) is -1.22. The Morgan fingerprint density at radius 3 is 2.72 bits per heavy atom. The number of hydrogen-bond acceptors (Lipinski definition) is 3. The van der Waals surface area contributed by atoms with Crippen LogP contribution < -0.4 is 0 Å². The van der Waals surface area contributed by atoms with Crippen LogP contribution in [0.5, 0.6) is 0 Å². The molecular formula is C9H5F3IN3O2. The van der Waals surface area contributed by atoms with Crippen molar-refractivity contribution in [3.8, 4) is 0 Å². The third kappa shape index (κ3) is 2.40. The van der Waals surface area contributed by atoms with E-state index in [4.69, 9.17) is 0 Å². The molecule has 0 N–H and O–H groups in total. The van der Waals surface area contributed by atoms with Crippen LogP contribution in [0, 0.1) is 13.8 Å². The third-order valence-corrected chi connectivity index (χ3v) is 3.15. The van der Waals surface area contributed by atoms with Gasteiger partial charge in [0.15, 0.2) is 0 Å². The van der Waals surface area contributed by atoms with Crippen molar-refractivity contribution in [1.82, 2.24) is 9.55 Å². The van der Waals surface area contributed by atoms with E-state index in [1.807, 2.05) is 0 Å². The van der Waals surface area contributed by atoms with Gasteiger partial charge in [0.25, 0.3) is 5.69 Å². The molecule has 18 heavy (non-hydrogen) atoms. The molecule has 0 saturated carbocycles. The van der Waals surface area contributed by atoms with Crippen LogP contribution in [0.1, 0.15) is 0 Å². The zero-order valence-electron chi connectivity index (χ0n) is 8.61. The molecule has 0 unspecified atom stereocenters. The second kappa shape index (κ2) is 4.37. The molecule has 0 amide bonds. The van der Waals surface area contributed by atoms with Crippen LogP contribution in [0.2, 0.25) is 0 Å². The molecule has 9 heteroatoms. The lowest BCUT2D eigenvalue weighted by Gasteiger charge is -2.09. The number of aromatic nitrogens is 2. The molecule has 0 saturated heterocycles. The SMILES string of the molecule is O=[N+]([O-])c1ccnc2c1cc(I)n2CC(F)(F)F. The second-order valence-corrected chi connectivity index (χ2v) is 4.60. The fourth-order valence-electron chi connectivity index (χ4n) is 1.59. The van der Waals surface area contributed by atoms with Gasteiger partial charge in [-0.1, -0.05) is 0 Å². The normalized spacial score (nSPS) is 12.0. The zero-order valence-corrected chi connectivity index (χ0v) is 10.8. The molecule has 0 aliphatic carbocycles. The summed E-state index contributed by atoms with van der Waals surface area (Å²) in [5.41, 5.74) is -0.287. The Morgan fingerprint density at radius 1 is 1.50 bits per heavy atom. The number of hydrogen-bond donors (Lipinski definition) is 0. The van der Waals surface area contributed by atoms with Gasteiger partial charge < -0.3 is 4.57 Å². The van der Waals surface area contributed by atoms with Gasteiger partial charge in [0, 0.05) is 12.3 Å². The monoisotopic (exact) mass is 371 g/mol. The first-order valence-corrected chi connectivity index (χ1v) is 5.72. The number of rotatable bonds is 2. The quantitative estimate of drug-likeness (QED) is 0.463. The number of nitro groups is 1. The lowest BCUT2D eigenvalue weighted by Crippen LogP contribution is -2.18. The maximum absolute atomic E-state index is 12.4. The Morgan fingerprint density at radius 2 is 2.17 bits per heavy atom. The van der Waals surface area contributed by atoms with E-state index in [0.29, 0.717) is 0 Å². The Labute approximate surface area is 112 Å². The Bertz CT molecular complexity index is 623. The molecule has 2 rings (SSSR count). The topological polar surface area (TPSA) is 61.0 Å². The van der Waals surface area contributed by atoms with E-state index in [2.05, 4.69) is 4.98 Å². The van der Waals surface area contributed by atoms with Crippen molar-refractivity contribution >= 4 is 39.3 Å². The molecule has 0 atom stereocenters. The highest BCUT2D eigenvalue weighted by atomic mass is 127. The molecule has 0 spiro atoms. The van der Waals surface area contributed by atoms with E-state index in [0.717, 1.165) is 16.8 Å². The number of halogens is 4. The van der Waals surface area contributed by atoms with Gasteiger partial charge in [-0.25, -0.2) is 4.98 Å². The molecule has 0 bridgehead atoms. The first-order valence-electron chi connectivity index (χ1n) is 4.64. The van der Waals surface area contributed by atoms with Crippen LogP contribution in [0.15, 0.2) is 18.3 Å². The maximum Gasteiger partial charge on any atom is 0.406 e. The standard InChI is InChI=1S/C9H5F3IN3O2/c10-9(11,12)4-15-7(13)3-5-6(16(17)18)1-2-14-8(5)15/h1-3H,4H2. The Hall–Kier alpha value is -1.39. The van der Waals surface area contributed by atoms with Gasteiger partial charge in [0.2, 0.25) is 0 Å². The highest BCUT2D eigenvalue weighted by Gasteiger charge is 2.30. The van der Waals surface area contributed by atoms with E-state index >= 15 is 0 Å². The van der Waals surface area contributed by atoms with E-state index < -0.39 is 17.6 Å². The predicted octanol–water partition coefficient (Wildman–Crippen LogP) is 3.11. The van der Waals surface area contributed by atoms with Gasteiger partial charge in [-0.2, -0.15) is 13.2 Å². The molecule has 5 nitrogen and oxygen atoms in total. The maximum atomic E-state index is 12.4. The van der Waals surface area contributed by atoms with Gasteiger partial charge in [-0.05, 0) is 28.7 Å². The smallest absolute Gasteiger partial charge is 0.311 e. The molecule has 2 heterocycles. The first-order chi connectivity index (χ1) is 8.29. The van der Waals surface area contributed by atoms with Gasteiger partial charge in [-0.15, -0.1) is 0 Å². The summed E-state index contributed by atoms with van der Waals surface area (Å²) < 4.78 is 38.4. The Balaban J connectivity index is 2.66. The molecule has 0 aliphatic rings. The average molecular weight is 371 g/mol. The molecule has 0 radical (unpaired) electrons. The van der Waals surface area contributed by atoms with Crippen molar-refractivity contribution in [3.05, 3.63) is 32.1 Å². The lowest BCUT2D eigenvalue weighted by atomic mass is 10.3. The highest BCUT2D eigenvalue weighted by molar-refractivity contribution is 14.1. The molecule has 0 fully saturated rings. The lowest BCUT2D eigenvalue weighted by molar-refractivity contribution is -0.383. The Kier molecular flexibility index (Phi) is 3.17. The predicted molar refractivity (Wildman–Crippen MR) is 65.2 cm³/mol. The van der Waals surface area contributed by atoms with Crippen molar-refractivity contribution < 1.29 is 18.1 Å². The van der Waals surface area contributed by atoms with Gasteiger partial charge in [0.1, 0.15) is 12.2 Å². The van der Waals surface area contributed by atoms with Gasteiger partial charge in [0.05, 0.1) is 14.0 Å². The number of pyridine rings is 1. The van der Waals surface area contributed by atoms with Crippen molar-refractivity contribution in [1.29, 1.82) is 0 Å². The summed E-state index contributed by atoms with van der Waals surface area (Å²) in [7, 11) is 0. The van der Waals surface area contributed by atoms with Gasteiger partial charge in [-0.3, -0.25) is 10.1 Å². The summed E-state index contributed by atoms with van der Waals surface area (Å²) in [4.78, 5) is 13.9. The van der Waals surface area contributed by atoms with E-state index in [9.17, 15) is 23.3 Å². The summed E-state index contributed by atoms with van der Waals surface area (Å²) in [5, 5.41) is 10.9. The van der Waals surface area contributed by atoms with Crippen molar-refractivity contribution in [2.75, 3.05) is 0 Å². The van der Waals surface area contributed by atoms with Crippen LogP contribution in [-0.2, 0) is 6.54 Å². The number of fused-ring (bicyclic) bond motifs is 1. The van der Waals surface area contributed by atoms with Crippen molar-refractivity contribution in [2.45, 2.75) is 12.7 Å². The van der Waals surface area contributed by atoms with Crippen molar-refractivity contribution in [3.63, 3.8) is 0 Å². The molecule has 2 aromatic rings. The molecule has 0 aromatic carbocycles. The fourth-order valence-corrected chi connectivity index (χ4v) is 2.30. The van der Waals surface area contributed by atoms with Crippen LogP contribution in [0.3, 0.4) is 0 Å². The van der Waals surface area contributed by atoms with Crippen LogP contribution in [0.4, 0.5) is 18.9 Å². The summed E-state index contributed by atoms with van der Waals surface area (Å²) >= 11 is 1.69. The van der Waals surface area contributed by atoms with E-state index in [1.54, 1.807) is 22.6 Å². The summed E-state index contributed by atoms with van der Waals surface area (Å²) in [6.07, 6.45) is -3.28. The largest absolute Gasteiger partial charge is 0.406 e. The molecular weight excluding hydrogens is 366 g/mol. The van der Waals surface area contributed by atoms with E-state index in [1.165, 1.54) is 6.07 Å². The van der Waals surface area contributed by atoms with Crippen molar-refractivity contribution in [2.24, 2.45) is 0 Å². The second-order valence-electron chi connectivity index (χ2n) is 3.49. The summed E-state index contributed by atoms with van der Waals surface area (Å²) in [5.74, 6) is 0. The minimum atomic E-state index is -4.40. The van der Waals surface area contributed by atoms with Crippen LogP contribution in [0.25, 0.3) is 11.0 Å². The summed E-state index contributed by atoms with van der Waals surface area (Å²) in [6, 6.07) is 2.49. The number of nitrogens with zero attached hydrogens (tertiary/aromatic N) is 3. The van der Waals surface area contributed by atoms with E-state index in [-0.39, 0.29) is 20.4 Å². The fraction of sp³-hybridized carbons (Fsp3) is 0.222. The minimum absolute atomic E-state index is 0.0362. The molecule has 0 aliphatic heterocycles. The number of alkyl halides is 3. The van der Waals surface area contributed by atoms with Crippen LogP contribution in [-0.4, -0.2) is 20.7 Å². The minimum Gasteiger partial charge on any atom is -0.311 e. The van der Waals surface area contributed by atoms with Crippen LogP contribution >= 0.6 is 22.6 Å². The molecule has 96 valence electrons. The zero-order chi connectivity index (χ0) is 13.5. The third-order valence-electron chi connectivity index (χ3n) is 2.26. The average Bonchev–Trinajstić information content (AvgIpc) is 2.53. The molecule has 2 aromatic heterocycles.